The maximum atomic E-state index is 11.9. The van der Waals surface area contributed by atoms with Gasteiger partial charge in [-0.1, -0.05) is 13.8 Å². The van der Waals surface area contributed by atoms with Crippen molar-refractivity contribution in [2.75, 3.05) is 6.54 Å². The Morgan fingerprint density at radius 3 is 2.50 bits per heavy atom. The van der Waals surface area contributed by atoms with Crippen molar-refractivity contribution in [1.29, 1.82) is 0 Å². The summed E-state index contributed by atoms with van der Waals surface area (Å²) < 4.78 is 0. The highest BCUT2D eigenvalue weighted by Crippen LogP contribution is 2.36. The largest absolute Gasteiger partial charge is 0.511 e. The molecule has 0 atom stereocenters. The molecule has 2 N–H and O–H groups in total. The van der Waals surface area contributed by atoms with Gasteiger partial charge in [0.05, 0.1) is 12.0 Å². The highest BCUT2D eigenvalue weighted by Gasteiger charge is 2.33. The Bertz CT molecular complexity index is 432. The van der Waals surface area contributed by atoms with Crippen LogP contribution in [0.15, 0.2) is 16.3 Å². The number of allylic oxidation sites excluding steroid dienone is 2. The van der Waals surface area contributed by atoms with Crippen LogP contribution in [-0.4, -0.2) is 34.2 Å². The maximum Gasteiger partial charge on any atom is 0.305 e. The van der Waals surface area contributed by atoms with Crippen LogP contribution < -0.4 is 0 Å². The van der Waals surface area contributed by atoms with Gasteiger partial charge in [-0.25, -0.2) is 0 Å². The van der Waals surface area contributed by atoms with Gasteiger partial charge in [-0.2, -0.15) is 0 Å². The number of carbonyl (C=O) groups excluding carboxylic acids is 1. The minimum Gasteiger partial charge on any atom is -0.511 e. The molecular weight excluding hydrogens is 234 g/mol. The lowest BCUT2D eigenvalue weighted by Gasteiger charge is -2.29. The van der Waals surface area contributed by atoms with Crippen molar-refractivity contribution in [3.05, 3.63) is 11.3 Å². The van der Waals surface area contributed by atoms with Crippen LogP contribution >= 0.6 is 0 Å². The molecule has 0 saturated carbocycles. The molecule has 0 saturated heterocycles. The predicted octanol–water partition coefficient (Wildman–Crippen LogP) is 2.12. The zero-order chi connectivity index (χ0) is 13.9. The first kappa shape index (κ1) is 14.4. The van der Waals surface area contributed by atoms with E-state index < -0.39 is 5.97 Å². The Hall–Kier alpha value is -1.65. The second-order valence-electron chi connectivity index (χ2n) is 5.37. The third-order valence-electron chi connectivity index (χ3n) is 2.89. The van der Waals surface area contributed by atoms with Crippen molar-refractivity contribution in [3.63, 3.8) is 0 Å². The highest BCUT2D eigenvalue weighted by molar-refractivity contribution is 6.22. The fourth-order valence-electron chi connectivity index (χ4n) is 2.10. The Kier molecular flexibility index (Phi) is 4.27. The molecule has 1 rings (SSSR count). The number of aliphatic imine (C=N–C) groups is 1. The van der Waals surface area contributed by atoms with Gasteiger partial charge in [-0.3, -0.25) is 14.6 Å². The van der Waals surface area contributed by atoms with E-state index in [1.54, 1.807) is 6.92 Å². The second kappa shape index (κ2) is 5.33. The number of hydrogen-bond donors (Lipinski definition) is 2. The Morgan fingerprint density at radius 1 is 1.39 bits per heavy atom. The maximum absolute atomic E-state index is 11.9. The third kappa shape index (κ3) is 3.68. The van der Waals surface area contributed by atoms with Gasteiger partial charge < -0.3 is 10.2 Å². The number of aliphatic hydroxyl groups excluding tert-OH is 1. The van der Waals surface area contributed by atoms with Crippen LogP contribution in [0.4, 0.5) is 0 Å². The lowest BCUT2D eigenvalue weighted by molar-refractivity contribution is -0.136. The number of aliphatic hydroxyl groups is 1. The molecule has 1 aliphatic rings. The molecule has 0 spiro atoms. The van der Waals surface area contributed by atoms with E-state index in [2.05, 4.69) is 4.99 Å². The number of Topliss-reactive ketones (excluding diaryl/α,β-unsaturated/α-hetero) is 1. The number of carboxylic acid groups (broad SMARTS) is 1. The number of ketones is 1. The van der Waals surface area contributed by atoms with Gasteiger partial charge >= 0.3 is 5.97 Å². The van der Waals surface area contributed by atoms with E-state index in [-0.39, 0.29) is 35.5 Å². The molecule has 0 amide bonds. The normalized spacial score (nSPS) is 20.2. The van der Waals surface area contributed by atoms with Crippen LogP contribution in [0.1, 0.15) is 40.0 Å². The van der Waals surface area contributed by atoms with Crippen LogP contribution in [0.3, 0.4) is 0 Å². The minimum atomic E-state index is -0.930. The lowest BCUT2D eigenvalue weighted by Crippen LogP contribution is -2.28. The molecule has 0 aromatic carbocycles. The summed E-state index contributed by atoms with van der Waals surface area (Å²) in [6.07, 6.45) is 0.739. The first-order valence-corrected chi connectivity index (χ1v) is 5.91. The lowest BCUT2D eigenvalue weighted by atomic mass is 9.76. The molecule has 0 aliphatic heterocycles. The average molecular weight is 253 g/mol. The van der Waals surface area contributed by atoms with Crippen molar-refractivity contribution in [2.45, 2.75) is 40.0 Å². The summed E-state index contributed by atoms with van der Waals surface area (Å²) in [7, 11) is 0. The average Bonchev–Trinajstić information content (AvgIpc) is 2.12. The van der Waals surface area contributed by atoms with E-state index in [4.69, 9.17) is 5.11 Å². The van der Waals surface area contributed by atoms with Crippen molar-refractivity contribution < 1.29 is 19.8 Å². The molecule has 0 radical (unpaired) electrons. The van der Waals surface area contributed by atoms with Crippen LogP contribution in [0.5, 0.6) is 0 Å². The summed E-state index contributed by atoms with van der Waals surface area (Å²) in [5.41, 5.74) is 0.459. The fourth-order valence-corrected chi connectivity index (χ4v) is 2.10. The van der Waals surface area contributed by atoms with E-state index in [9.17, 15) is 14.7 Å². The quantitative estimate of drug-likeness (QED) is 0.751. The number of aliphatic carboxylic acids is 1. The van der Waals surface area contributed by atoms with Gasteiger partial charge in [0.2, 0.25) is 0 Å². The van der Waals surface area contributed by atoms with Gasteiger partial charge in [0.25, 0.3) is 0 Å². The van der Waals surface area contributed by atoms with E-state index >= 15 is 0 Å². The van der Waals surface area contributed by atoms with Crippen LogP contribution in [0.25, 0.3) is 0 Å². The summed E-state index contributed by atoms with van der Waals surface area (Å²) in [4.78, 5) is 26.4. The smallest absolute Gasteiger partial charge is 0.305 e. The number of carboxylic acids is 1. The van der Waals surface area contributed by atoms with Gasteiger partial charge in [0.15, 0.2) is 5.78 Å². The van der Waals surface area contributed by atoms with Crippen molar-refractivity contribution in [1.82, 2.24) is 0 Å². The van der Waals surface area contributed by atoms with Crippen molar-refractivity contribution in [2.24, 2.45) is 10.4 Å². The Balaban J connectivity index is 2.87. The molecule has 5 nitrogen and oxygen atoms in total. The zero-order valence-corrected chi connectivity index (χ0v) is 11.0. The van der Waals surface area contributed by atoms with Gasteiger partial charge in [-0.05, 0) is 12.3 Å². The topological polar surface area (TPSA) is 87.0 Å². The first-order valence-electron chi connectivity index (χ1n) is 5.91. The van der Waals surface area contributed by atoms with E-state index in [1.807, 2.05) is 13.8 Å². The molecule has 0 aromatic heterocycles. The number of rotatable bonds is 4. The number of carbonyl (C=O) groups is 2. The Morgan fingerprint density at radius 2 is 2.00 bits per heavy atom. The minimum absolute atomic E-state index is 0.0628. The number of hydrogen-bond acceptors (Lipinski definition) is 4. The van der Waals surface area contributed by atoms with Crippen molar-refractivity contribution in [3.8, 4) is 0 Å². The Labute approximate surface area is 106 Å². The first-order chi connectivity index (χ1) is 8.23. The molecule has 0 heterocycles. The zero-order valence-electron chi connectivity index (χ0n) is 11.0. The van der Waals surface area contributed by atoms with Crippen LogP contribution in [-0.2, 0) is 9.59 Å². The molecule has 100 valence electrons. The summed E-state index contributed by atoms with van der Waals surface area (Å²) in [5.74, 6) is -0.992. The van der Waals surface area contributed by atoms with E-state index in [0.717, 1.165) is 0 Å². The standard InChI is InChI=1S/C13H19NO4/c1-8(14-5-4-11(17)18)12-9(15)6-13(2,3)7-10(12)16/h15H,4-7H2,1-3H3,(H,17,18). The summed E-state index contributed by atoms with van der Waals surface area (Å²) in [6, 6.07) is 0. The SMILES string of the molecule is CC(=NCCC(=O)O)C1=C(O)CC(C)(C)CC1=O. The van der Waals surface area contributed by atoms with E-state index in [1.165, 1.54) is 0 Å². The summed E-state index contributed by atoms with van der Waals surface area (Å²) in [5, 5.41) is 18.4. The molecule has 18 heavy (non-hydrogen) atoms. The molecule has 0 unspecified atom stereocenters. The predicted molar refractivity (Wildman–Crippen MR) is 67.9 cm³/mol. The van der Waals surface area contributed by atoms with Gasteiger partial charge in [0, 0.05) is 25.1 Å². The molecule has 0 fully saturated rings. The highest BCUT2D eigenvalue weighted by atomic mass is 16.4. The summed E-state index contributed by atoms with van der Waals surface area (Å²) in [6.45, 7) is 5.60. The van der Waals surface area contributed by atoms with Crippen LogP contribution in [0.2, 0.25) is 0 Å². The molecule has 5 heteroatoms. The molecule has 0 aromatic rings. The van der Waals surface area contributed by atoms with Crippen LogP contribution in [0, 0.1) is 5.41 Å². The summed E-state index contributed by atoms with van der Waals surface area (Å²) >= 11 is 0. The monoisotopic (exact) mass is 253 g/mol. The fraction of sp³-hybridized carbons (Fsp3) is 0.615. The van der Waals surface area contributed by atoms with E-state index in [0.29, 0.717) is 18.6 Å². The molecule has 0 bridgehead atoms. The van der Waals surface area contributed by atoms with Gasteiger partial charge in [0.1, 0.15) is 5.76 Å². The molecule has 1 aliphatic carbocycles. The van der Waals surface area contributed by atoms with Gasteiger partial charge in [-0.15, -0.1) is 0 Å². The third-order valence-corrected chi connectivity index (χ3v) is 2.89. The molecular formula is C13H19NO4. The number of nitrogens with zero attached hydrogens (tertiary/aromatic N) is 1. The van der Waals surface area contributed by atoms with Crippen molar-refractivity contribution >= 4 is 17.5 Å². The second-order valence-corrected chi connectivity index (χ2v) is 5.37.